The smallest absolute Gasteiger partial charge is 0.137 e. The molecule has 1 heterocycles. The molecule has 40 heavy (non-hydrogen) atoms. The predicted octanol–water partition coefficient (Wildman–Crippen LogP) is 6.17. The second-order valence-corrected chi connectivity index (χ2v) is 10.2. The highest BCUT2D eigenvalue weighted by Gasteiger charge is 2.26. The Bertz CT molecular complexity index is 1530. The summed E-state index contributed by atoms with van der Waals surface area (Å²) in [5, 5.41) is 18.9. The van der Waals surface area contributed by atoms with E-state index in [2.05, 4.69) is 26.7 Å². The number of nitrogens with zero attached hydrogens (tertiary/aromatic N) is 4. The van der Waals surface area contributed by atoms with Crippen molar-refractivity contribution in [1.29, 1.82) is 5.26 Å². The van der Waals surface area contributed by atoms with Crippen molar-refractivity contribution in [3.63, 3.8) is 0 Å². The minimum Gasteiger partial charge on any atom is -0.399 e. The number of nitriles is 1. The third-order valence-electron chi connectivity index (χ3n) is 6.86. The molecule has 6 N–H and O–H groups in total. The fourth-order valence-electron chi connectivity index (χ4n) is 4.61. The van der Waals surface area contributed by atoms with E-state index in [0.717, 1.165) is 24.0 Å². The van der Waals surface area contributed by atoms with Gasteiger partial charge in [0.2, 0.25) is 0 Å². The lowest BCUT2D eigenvalue weighted by atomic mass is 10.0. The average Bonchev–Trinajstić information content (AvgIpc) is 3.81. The van der Waals surface area contributed by atoms with Crippen LogP contribution in [-0.4, -0.2) is 21.0 Å². The van der Waals surface area contributed by atoms with Crippen molar-refractivity contribution in [3.05, 3.63) is 107 Å². The van der Waals surface area contributed by atoms with E-state index in [1.807, 2.05) is 36.4 Å². The van der Waals surface area contributed by atoms with Gasteiger partial charge in [-0.15, -0.1) is 0 Å². The van der Waals surface area contributed by atoms with Crippen molar-refractivity contribution >= 4 is 34.0 Å². The lowest BCUT2D eigenvalue weighted by molar-refractivity contribution is 0.378. The fourth-order valence-corrected chi connectivity index (χ4v) is 4.88. The van der Waals surface area contributed by atoms with E-state index in [-0.39, 0.29) is 17.9 Å². The minimum atomic E-state index is -0.507. The summed E-state index contributed by atoms with van der Waals surface area (Å²) in [6, 6.07) is 21.6. The van der Waals surface area contributed by atoms with Gasteiger partial charge in [-0.05, 0) is 54.7 Å². The zero-order valence-corrected chi connectivity index (χ0v) is 22.5. The van der Waals surface area contributed by atoms with Crippen LogP contribution >= 0.6 is 11.6 Å². The highest BCUT2D eigenvalue weighted by Crippen LogP contribution is 2.35. The van der Waals surface area contributed by atoms with Crippen LogP contribution in [0.5, 0.6) is 0 Å². The average molecular weight is 557 g/mol. The second-order valence-electron chi connectivity index (χ2n) is 9.82. The Hall–Kier alpha value is -4.39. The van der Waals surface area contributed by atoms with Crippen molar-refractivity contribution in [2.75, 3.05) is 10.6 Å². The molecule has 1 aliphatic carbocycles. The quantitative estimate of drug-likeness (QED) is 0.127. The van der Waals surface area contributed by atoms with Gasteiger partial charge in [0, 0.05) is 29.7 Å². The summed E-state index contributed by atoms with van der Waals surface area (Å²) in [6.45, 7) is 0. The largest absolute Gasteiger partial charge is 0.399 e. The molecule has 0 amide bonds. The van der Waals surface area contributed by atoms with Gasteiger partial charge in [-0.3, -0.25) is 0 Å². The first-order chi connectivity index (χ1) is 19.4. The number of aromatic nitrogens is 2. The molecule has 0 spiro atoms. The van der Waals surface area contributed by atoms with E-state index in [1.165, 1.54) is 18.5 Å². The van der Waals surface area contributed by atoms with Crippen molar-refractivity contribution in [1.82, 2.24) is 15.0 Å². The van der Waals surface area contributed by atoms with Crippen LogP contribution in [0.3, 0.4) is 0 Å². The van der Waals surface area contributed by atoms with Crippen molar-refractivity contribution < 1.29 is 4.39 Å². The Kier molecular flexibility index (Phi) is 8.29. The first-order valence-corrected chi connectivity index (χ1v) is 13.5. The normalized spacial score (nSPS) is 14.8. The predicted molar refractivity (Wildman–Crippen MR) is 156 cm³/mol. The van der Waals surface area contributed by atoms with Crippen molar-refractivity contribution in [3.8, 4) is 6.07 Å². The summed E-state index contributed by atoms with van der Waals surface area (Å²) in [5.74, 6) is 6.43. The Morgan fingerprint density at radius 3 is 2.55 bits per heavy atom. The van der Waals surface area contributed by atoms with E-state index in [0.29, 0.717) is 46.0 Å². The number of benzene rings is 3. The summed E-state index contributed by atoms with van der Waals surface area (Å²) >= 11 is 6.71. The van der Waals surface area contributed by atoms with E-state index < -0.39 is 6.04 Å². The number of hydrogen-bond acceptors (Lipinski definition) is 8. The van der Waals surface area contributed by atoms with Gasteiger partial charge in [0.05, 0.1) is 34.4 Å². The molecule has 3 aromatic carbocycles. The number of hydrogen-bond donors (Lipinski definition) is 4. The molecule has 0 saturated heterocycles. The number of halogens is 2. The molecule has 0 radical (unpaired) electrons. The molecule has 8 nitrogen and oxygen atoms in total. The molecular formula is C30H30ClFN8. The van der Waals surface area contributed by atoms with Crippen LogP contribution in [0.25, 0.3) is 10.9 Å². The molecule has 0 aliphatic heterocycles. The van der Waals surface area contributed by atoms with E-state index in [4.69, 9.17) is 23.2 Å². The molecular weight excluding hydrogens is 527 g/mol. The van der Waals surface area contributed by atoms with E-state index in [1.54, 1.807) is 29.4 Å². The third-order valence-corrected chi connectivity index (χ3v) is 7.15. The summed E-state index contributed by atoms with van der Waals surface area (Å²) < 4.78 is 13.7. The lowest BCUT2D eigenvalue weighted by Crippen LogP contribution is -2.30. The highest BCUT2D eigenvalue weighted by molar-refractivity contribution is 6.35. The minimum absolute atomic E-state index is 0.141. The highest BCUT2D eigenvalue weighted by atomic mass is 35.5. The van der Waals surface area contributed by atoms with Crippen LogP contribution < -0.4 is 22.2 Å². The lowest BCUT2D eigenvalue weighted by Gasteiger charge is -2.24. The van der Waals surface area contributed by atoms with E-state index in [9.17, 15) is 9.65 Å². The Morgan fingerprint density at radius 2 is 1.85 bits per heavy atom. The Labute approximate surface area is 237 Å². The summed E-state index contributed by atoms with van der Waals surface area (Å²) in [6.07, 6.45) is 6.20. The fraction of sp³-hybridized carbons (Fsp3) is 0.233. The maximum atomic E-state index is 13.7. The number of hydrazine groups is 1. The van der Waals surface area contributed by atoms with Gasteiger partial charge in [-0.2, -0.15) is 5.26 Å². The molecule has 1 fully saturated rings. The Morgan fingerprint density at radius 1 is 1.10 bits per heavy atom. The van der Waals surface area contributed by atoms with Gasteiger partial charge in [0.15, 0.2) is 0 Å². The molecule has 10 heteroatoms. The van der Waals surface area contributed by atoms with Gasteiger partial charge < -0.3 is 21.4 Å². The van der Waals surface area contributed by atoms with Crippen LogP contribution in [0.4, 0.5) is 15.9 Å². The molecule has 1 saturated carbocycles. The van der Waals surface area contributed by atoms with Gasteiger partial charge >= 0.3 is 0 Å². The molecule has 0 bridgehead atoms. The van der Waals surface area contributed by atoms with Gasteiger partial charge in [0.25, 0.3) is 0 Å². The van der Waals surface area contributed by atoms with Crippen LogP contribution in [0.15, 0.2) is 85.0 Å². The number of anilines is 2. The summed E-state index contributed by atoms with van der Waals surface area (Å²) in [4.78, 5) is 8.93. The molecule has 5 rings (SSSR count). The molecule has 4 aromatic rings. The molecule has 1 aromatic heterocycles. The molecule has 1 aliphatic rings. The second kappa shape index (κ2) is 12.2. The van der Waals surface area contributed by atoms with Crippen molar-refractivity contribution in [2.24, 2.45) is 11.6 Å². The number of rotatable bonds is 11. The molecule has 204 valence electrons. The number of fused-ring (bicyclic) bond motifs is 1. The monoisotopic (exact) mass is 556 g/mol. The maximum absolute atomic E-state index is 13.7. The Balaban J connectivity index is 1.51. The SMILES string of the molecule is N#CCCC(Nc1ncnc2c(Cl)cc(NC(/C(N)=C/N(N)C3CC3)c3ccc(F)cc3)cc12)c1ccccc1. The van der Waals surface area contributed by atoms with Crippen LogP contribution in [0, 0.1) is 17.1 Å². The number of nitrogens with two attached hydrogens (primary N) is 2. The zero-order chi connectivity index (χ0) is 28.1. The standard InChI is InChI=1S/C30H30ClFN8/c31-25-16-22(38-28(20-8-10-21(32)11-9-20)26(34)17-40(35)23-12-13-23)15-24-29(25)36-18-37-30(24)39-27(7-4-14-33)19-5-2-1-3-6-19/h1-3,5-6,8-11,15-18,23,27-28,38H,4,7,12-13,34-35H2,(H,36,37,39)/b26-17-. The van der Waals surface area contributed by atoms with Crippen LogP contribution in [0.1, 0.15) is 48.9 Å². The van der Waals surface area contributed by atoms with Crippen LogP contribution in [-0.2, 0) is 0 Å². The van der Waals surface area contributed by atoms with E-state index >= 15 is 0 Å². The molecule has 2 atom stereocenters. The zero-order valence-electron chi connectivity index (χ0n) is 21.8. The molecule has 2 unspecified atom stereocenters. The topological polar surface area (TPSA) is 129 Å². The third kappa shape index (κ3) is 6.42. The first-order valence-electron chi connectivity index (χ1n) is 13.1. The van der Waals surface area contributed by atoms with Crippen molar-refractivity contribution in [2.45, 2.75) is 43.8 Å². The maximum Gasteiger partial charge on any atom is 0.137 e. The van der Waals surface area contributed by atoms with Crippen LogP contribution in [0.2, 0.25) is 5.02 Å². The number of nitrogens with one attached hydrogen (secondary N) is 2. The van der Waals surface area contributed by atoms with Gasteiger partial charge in [0.1, 0.15) is 18.0 Å². The first kappa shape index (κ1) is 27.2. The van der Waals surface area contributed by atoms with Gasteiger partial charge in [-0.1, -0.05) is 54.1 Å². The summed E-state index contributed by atoms with van der Waals surface area (Å²) in [5.41, 5.74) is 10.1. The van der Waals surface area contributed by atoms with Gasteiger partial charge in [-0.25, -0.2) is 20.2 Å². The summed E-state index contributed by atoms with van der Waals surface area (Å²) in [7, 11) is 0.